The van der Waals surface area contributed by atoms with Crippen LogP contribution in [0.15, 0.2) is 18.2 Å². The molecule has 0 aliphatic heterocycles. The highest BCUT2D eigenvalue weighted by Crippen LogP contribution is 2.26. The van der Waals surface area contributed by atoms with Gasteiger partial charge in [0.05, 0.1) is 19.3 Å². The molecule has 1 rings (SSSR count). The summed E-state index contributed by atoms with van der Waals surface area (Å²) >= 11 is 0. The van der Waals surface area contributed by atoms with Gasteiger partial charge in [-0.3, -0.25) is 9.59 Å². The van der Waals surface area contributed by atoms with Gasteiger partial charge in [0.25, 0.3) is 0 Å². The molecule has 5 heteroatoms. The maximum atomic E-state index is 10.9. The zero-order chi connectivity index (χ0) is 13.4. The zero-order valence-electron chi connectivity index (χ0n) is 10.2. The van der Waals surface area contributed by atoms with E-state index in [0.29, 0.717) is 42.8 Å². The minimum absolute atomic E-state index is 0.127. The van der Waals surface area contributed by atoms with E-state index in [1.807, 2.05) is 0 Å². The van der Waals surface area contributed by atoms with E-state index in [4.69, 9.17) is 14.6 Å². The number of ether oxygens (including phenoxy) is 2. The van der Waals surface area contributed by atoms with E-state index in [2.05, 4.69) is 0 Å². The van der Waals surface area contributed by atoms with E-state index in [1.165, 1.54) is 7.11 Å². The Morgan fingerprint density at radius 3 is 2.67 bits per heavy atom. The summed E-state index contributed by atoms with van der Waals surface area (Å²) in [4.78, 5) is 21.3. The molecule has 0 spiro atoms. The van der Waals surface area contributed by atoms with Crippen molar-refractivity contribution in [3.63, 3.8) is 0 Å². The van der Waals surface area contributed by atoms with Crippen LogP contribution in [0.5, 0.6) is 11.5 Å². The molecule has 0 radical (unpaired) electrons. The Labute approximate surface area is 105 Å². The molecule has 18 heavy (non-hydrogen) atoms. The molecule has 0 heterocycles. The Morgan fingerprint density at radius 2 is 2.06 bits per heavy atom. The minimum Gasteiger partial charge on any atom is -0.496 e. The van der Waals surface area contributed by atoms with Crippen molar-refractivity contribution in [1.29, 1.82) is 0 Å². The number of carboxylic acid groups (broad SMARTS) is 1. The molecule has 1 aromatic carbocycles. The van der Waals surface area contributed by atoms with Crippen molar-refractivity contribution in [3.05, 3.63) is 23.8 Å². The van der Waals surface area contributed by atoms with Gasteiger partial charge in [0.2, 0.25) is 0 Å². The van der Waals surface area contributed by atoms with Gasteiger partial charge in [-0.15, -0.1) is 0 Å². The number of benzene rings is 1. The van der Waals surface area contributed by atoms with Crippen LogP contribution in [-0.4, -0.2) is 31.1 Å². The number of hydrogen-bond acceptors (Lipinski definition) is 4. The zero-order valence-corrected chi connectivity index (χ0v) is 10.2. The number of carbonyl (C=O) groups is 2. The first-order valence-corrected chi connectivity index (χ1v) is 5.65. The van der Waals surface area contributed by atoms with Gasteiger partial charge in [-0.2, -0.15) is 0 Å². The number of rotatable bonds is 8. The van der Waals surface area contributed by atoms with Crippen molar-refractivity contribution in [2.75, 3.05) is 13.7 Å². The average molecular weight is 252 g/mol. The van der Waals surface area contributed by atoms with E-state index in [9.17, 15) is 9.59 Å². The molecule has 0 saturated carbocycles. The number of hydrogen-bond donors (Lipinski definition) is 1. The highest BCUT2D eigenvalue weighted by Gasteiger charge is 2.08. The number of aldehydes is 1. The summed E-state index contributed by atoms with van der Waals surface area (Å²) < 4.78 is 10.5. The standard InChI is InChI=1S/C13H16O5/c1-17-11-5-4-6-12(10(11)9-14)18-8-3-2-7-13(15)16/h4-6,9H,2-3,7-8H2,1H3,(H,15,16). The van der Waals surface area contributed by atoms with Crippen molar-refractivity contribution in [3.8, 4) is 11.5 Å². The lowest BCUT2D eigenvalue weighted by Crippen LogP contribution is -2.03. The predicted molar refractivity (Wildman–Crippen MR) is 65.4 cm³/mol. The number of carboxylic acids is 1. The lowest BCUT2D eigenvalue weighted by Gasteiger charge is -2.10. The molecule has 0 aromatic heterocycles. The van der Waals surface area contributed by atoms with Gasteiger partial charge >= 0.3 is 5.97 Å². The van der Waals surface area contributed by atoms with Crippen LogP contribution < -0.4 is 9.47 Å². The summed E-state index contributed by atoms with van der Waals surface area (Å²) in [6, 6.07) is 5.10. The minimum atomic E-state index is -0.815. The van der Waals surface area contributed by atoms with Gasteiger partial charge in [-0.05, 0) is 25.0 Å². The smallest absolute Gasteiger partial charge is 0.303 e. The molecule has 0 atom stereocenters. The third-order valence-electron chi connectivity index (χ3n) is 2.41. The van der Waals surface area contributed by atoms with Crippen LogP contribution in [-0.2, 0) is 4.79 Å². The molecule has 0 unspecified atom stereocenters. The van der Waals surface area contributed by atoms with E-state index in [0.717, 1.165) is 0 Å². The molecule has 98 valence electrons. The molecule has 5 nitrogen and oxygen atoms in total. The maximum Gasteiger partial charge on any atom is 0.303 e. The third-order valence-corrected chi connectivity index (χ3v) is 2.41. The Balaban J connectivity index is 2.51. The molecule has 1 aromatic rings. The predicted octanol–water partition coefficient (Wildman–Crippen LogP) is 2.14. The average Bonchev–Trinajstić information content (AvgIpc) is 2.37. The van der Waals surface area contributed by atoms with Gasteiger partial charge < -0.3 is 14.6 Å². The maximum absolute atomic E-state index is 10.9. The van der Waals surface area contributed by atoms with Gasteiger partial charge in [-0.1, -0.05) is 6.07 Å². The largest absolute Gasteiger partial charge is 0.496 e. The molecule has 0 aliphatic carbocycles. The first kappa shape index (κ1) is 14.0. The fraction of sp³-hybridized carbons (Fsp3) is 0.385. The molecular formula is C13H16O5. The first-order valence-electron chi connectivity index (χ1n) is 5.65. The van der Waals surface area contributed by atoms with E-state index in [1.54, 1.807) is 18.2 Å². The fourth-order valence-corrected chi connectivity index (χ4v) is 1.50. The van der Waals surface area contributed by atoms with Crippen molar-refractivity contribution >= 4 is 12.3 Å². The monoisotopic (exact) mass is 252 g/mol. The Hall–Kier alpha value is -2.04. The van der Waals surface area contributed by atoms with Crippen molar-refractivity contribution in [1.82, 2.24) is 0 Å². The second-order valence-electron chi connectivity index (χ2n) is 3.69. The summed E-state index contributed by atoms with van der Waals surface area (Å²) in [5, 5.41) is 8.48. The molecule has 0 fully saturated rings. The van der Waals surface area contributed by atoms with Crippen molar-refractivity contribution in [2.45, 2.75) is 19.3 Å². The van der Waals surface area contributed by atoms with Crippen LogP contribution >= 0.6 is 0 Å². The van der Waals surface area contributed by atoms with Gasteiger partial charge in [0.1, 0.15) is 11.5 Å². The first-order chi connectivity index (χ1) is 8.69. The van der Waals surface area contributed by atoms with Crippen LogP contribution in [0.1, 0.15) is 29.6 Å². The lowest BCUT2D eigenvalue weighted by molar-refractivity contribution is -0.137. The summed E-state index contributed by atoms with van der Waals surface area (Å²) in [5.41, 5.74) is 0.373. The summed E-state index contributed by atoms with van der Waals surface area (Å²) in [5.74, 6) is 0.109. The molecule has 1 N–H and O–H groups in total. The van der Waals surface area contributed by atoms with Crippen LogP contribution in [0.3, 0.4) is 0 Å². The normalized spacial score (nSPS) is 9.83. The van der Waals surface area contributed by atoms with Crippen molar-refractivity contribution in [2.24, 2.45) is 0 Å². The molecular weight excluding hydrogens is 236 g/mol. The van der Waals surface area contributed by atoms with E-state index in [-0.39, 0.29) is 6.42 Å². The number of carbonyl (C=O) groups excluding carboxylic acids is 1. The van der Waals surface area contributed by atoms with E-state index < -0.39 is 5.97 Å². The topological polar surface area (TPSA) is 72.8 Å². The Morgan fingerprint density at radius 1 is 1.33 bits per heavy atom. The SMILES string of the molecule is COc1cccc(OCCCCC(=O)O)c1C=O. The summed E-state index contributed by atoms with van der Waals surface area (Å²) in [7, 11) is 1.49. The van der Waals surface area contributed by atoms with Gasteiger partial charge in [0, 0.05) is 6.42 Å². The third kappa shape index (κ3) is 4.08. The Bertz CT molecular complexity index is 414. The molecule has 0 amide bonds. The van der Waals surface area contributed by atoms with Crippen molar-refractivity contribution < 1.29 is 24.2 Å². The number of methoxy groups -OCH3 is 1. The molecule has 0 saturated heterocycles. The Kier molecular flexibility index (Phi) is 5.70. The molecule has 0 aliphatic rings. The quantitative estimate of drug-likeness (QED) is 0.567. The van der Waals surface area contributed by atoms with Gasteiger partial charge in [-0.25, -0.2) is 0 Å². The lowest BCUT2D eigenvalue weighted by atomic mass is 10.2. The van der Waals surface area contributed by atoms with Crippen LogP contribution in [0.25, 0.3) is 0 Å². The highest BCUT2D eigenvalue weighted by molar-refractivity contribution is 5.83. The number of aliphatic carboxylic acids is 1. The second-order valence-corrected chi connectivity index (χ2v) is 3.69. The van der Waals surface area contributed by atoms with Crippen LogP contribution in [0.2, 0.25) is 0 Å². The second kappa shape index (κ2) is 7.32. The van der Waals surface area contributed by atoms with Gasteiger partial charge in [0.15, 0.2) is 6.29 Å². The summed E-state index contributed by atoms with van der Waals surface area (Å²) in [6.07, 6.45) is 1.99. The summed E-state index contributed by atoms with van der Waals surface area (Å²) in [6.45, 7) is 0.376. The van der Waals surface area contributed by atoms with E-state index >= 15 is 0 Å². The van der Waals surface area contributed by atoms with Crippen LogP contribution in [0, 0.1) is 0 Å². The van der Waals surface area contributed by atoms with Crippen LogP contribution in [0.4, 0.5) is 0 Å². The number of unbranched alkanes of at least 4 members (excludes halogenated alkanes) is 1. The molecule has 0 bridgehead atoms. The fourth-order valence-electron chi connectivity index (χ4n) is 1.50. The highest BCUT2D eigenvalue weighted by atomic mass is 16.5.